The van der Waals surface area contributed by atoms with Crippen molar-refractivity contribution in [3.05, 3.63) is 23.8 Å². The molecular formula is C13H19NO. The maximum Gasteiger partial charge on any atom is 0.119 e. The van der Waals surface area contributed by atoms with Gasteiger partial charge in [-0.15, -0.1) is 0 Å². The van der Waals surface area contributed by atoms with Gasteiger partial charge in [-0.05, 0) is 36.6 Å². The lowest BCUT2D eigenvalue weighted by Gasteiger charge is -2.26. The summed E-state index contributed by atoms with van der Waals surface area (Å²) in [5, 5.41) is 3.49. The van der Waals surface area contributed by atoms with Crippen LogP contribution in [0.15, 0.2) is 18.2 Å². The molecule has 1 N–H and O–H groups in total. The molecule has 0 saturated carbocycles. The van der Waals surface area contributed by atoms with Crippen LogP contribution in [0.4, 0.5) is 5.69 Å². The first-order chi connectivity index (χ1) is 7.25. The quantitative estimate of drug-likeness (QED) is 0.818. The molecule has 1 heterocycles. The molecule has 1 aliphatic heterocycles. The Bertz CT molecular complexity index is 356. The van der Waals surface area contributed by atoms with E-state index in [2.05, 4.69) is 31.3 Å². The standard InChI is InChI=1S/C13H19NO/c1-4-13(5-2)9-14-12-7-6-10(15-3)8-11(12)13/h6-8,14H,4-5,9H2,1-3H3. The molecule has 0 saturated heterocycles. The highest BCUT2D eigenvalue weighted by Gasteiger charge is 2.35. The van der Waals surface area contributed by atoms with Crippen molar-refractivity contribution in [2.45, 2.75) is 32.1 Å². The van der Waals surface area contributed by atoms with Gasteiger partial charge in [0.1, 0.15) is 5.75 Å². The summed E-state index contributed by atoms with van der Waals surface area (Å²) in [5.74, 6) is 0.962. The maximum absolute atomic E-state index is 5.29. The van der Waals surface area contributed by atoms with E-state index >= 15 is 0 Å². The molecular weight excluding hydrogens is 186 g/mol. The number of methoxy groups -OCH3 is 1. The van der Waals surface area contributed by atoms with Gasteiger partial charge in [0.05, 0.1) is 7.11 Å². The average molecular weight is 205 g/mol. The van der Waals surface area contributed by atoms with Crippen molar-refractivity contribution < 1.29 is 4.74 Å². The third kappa shape index (κ3) is 1.48. The molecule has 0 bridgehead atoms. The number of anilines is 1. The van der Waals surface area contributed by atoms with Gasteiger partial charge in [-0.2, -0.15) is 0 Å². The van der Waals surface area contributed by atoms with E-state index in [4.69, 9.17) is 4.74 Å². The molecule has 0 aliphatic carbocycles. The highest BCUT2D eigenvalue weighted by molar-refractivity contribution is 5.62. The molecule has 0 fully saturated rings. The maximum atomic E-state index is 5.29. The van der Waals surface area contributed by atoms with Crippen LogP contribution < -0.4 is 10.1 Å². The summed E-state index contributed by atoms with van der Waals surface area (Å²) < 4.78 is 5.29. The summed E-state index contributed by atoms with van der Waals surface area (Å²) in [6, 6.07) is 6.33. The number of ether oxygens (including phenoxy) is 1. The molecule has 0 radical (unpaired) electrons. The van der Waals surface area contributed by atoms with Crippen LogP contribution in [-0.4, -0.2) is 13.7 Å². The van der Waals surface area contributed by atoms with Crippen LogP contribution >= 0.6 is 0 Å². The van der Waals surface area contributed by atoms with Crippen molar-refractivity contribution in [2.75, 3.05) is 19.0 Å². The fourth-order valence-electron chi connectivity index (χ4n) is 2.48. The van der Waals surface area contributed by atoms with Crippen LogP contribution in [-0.2, 0) is 5.41 Å². The van der Waals surface area contributed by atoms with Crippen molar-refractivity contribution >= 4 is 5.69 Å². The molecule has 1 aliphatic rings. The van der Waals surface area contributed by atoms with E-state index in [0.717, 1.165) is 12.3 Å². The van der Waals surface area contributed by atoms with Crippen molar-refractivity contribution in [1.29, 1.82) is 0 Å². The van der Waals surface area contributed by atoms with E-state index < -0.39 is 0 Å². The van der Waals surface area contributed by atoms with Crippen LogP contribution in [0.2, 0.25) is 0 Å². The van der Waals surface area contributed by atoms with Gasteiger partial charge < -0.3 is 10.1 Å². The van der Waals surface area contributed by atoms with E-state index in [0.29, 0.717) is 5.41 Å². The van der Waals surface area contributed by atoms with E-state index in [-0.39, 0.29) is 0 Å². The first-order valence-corrected chi connectivity index (χ1v) is 5.68. The summed E-state index contributed by atoms with van der Waals surface area (Å²) in [5.41, 5.74) is 3.01. The van der Waals surface area contributed by atoms with E-state index in [1.165, 1.54) is 24.1 Å². The van der Waals surface area contributed by atoms with E-state index in [1.54, 1.807) is 7.11 Å². The minimum atomic E-state index is 0.309. The molecule has 0 atom stereocenters. The summed E-state index contributed by atoms with van der Waals surface area (Å²) in [6.07, 6.45) is 2.35. The lowest BCUT2D eigenvalue weighted by atomic mass is 9.77. The molecule has 0 amide bonds. The van der Waals surface area contributed by atoms with Gasteiger partial charge >= 0.3 is 0 Å². The molecule has 1 aromatic carbocycles. The smallest absolute Gasteiger partial charge is 0.119 e. The zero-order valence-corrected chi connectivity index (χ0v) is 9.76. The SMILES string of the molecule is CCC1(CC)CNc2ccc(OC)cc21. The lowest BCUT2D eigenvalue weighted by Crippen LogP contribution is -2.26. The Morgan fingerprint density at radius 2 is 2.07 bits per heavy atom. The minimum Gasteiger partial charge on any atom is -0.497 e. The fourth-order valence-corrected chi connectivity index (χ4v) is 2.48. The van der Waals surface area contributed by atoms with E-state index in [1.807, 2.05) is 6.07 Å². The van der Waals surface area contributed by atoms with Crippen LogP contribution in [0.5, 0.6) is 5.75 Å². The number of nitrogens with one attached hydrogen (secondary N) is 1. The Kier molecular flexibility index (Phi) is 2.59. The van der Waals surface area contributed by atoms with Crippen molar-refractivity contribution in [2.24, 2.45) is 0 Å². The number of benzene rings is 1. The van der Waals surface area contributed by atoms with Crippen molar-refractivity contribution in [3.63, 3.8) is 0 Å². The molecule has 82 valence electrons. The van der Waals surface area contributed by atoms with Gasteiger partial charge in [-0.25, -0.2) is 0 Å². The first kappa shape index (κ1) is 10.3. The number of hydrogen-bond donors (Lipinski definition) is 1. The second kappa shape index (κ2) is 3.76. The summed E-state index contributed by atoms with van der Waals surface area (Å²) >= 11 is 0. The highest BCUT2D eigenvalue weighted by atomic mass is 16.5. The monoisotopic (exact) mass is 205 g/mol. The third-order valence-corrected chi connectivity index (χ3v) is 3.77. The van der Waals surface area contributed by atoms with Crippen LogP contribution in [0.3, 0.4) is 0 Å². The predicted octanol–water partition coefficient (Wildman–Crippen LogP) is 3.18. The molecule has 2 heteroatoms. The zero-order chi connectivity index (χ0) is 10.9. The Balaban J connectivity index is 2.47. The Morgan fingerprint density at radius 1 is 1.33 bits per heavy atom. The zero-order valence-electron chi connectivity index (χ0n) is 9.76. The fraction of sp³-hybridized carbons (Fsp3) is 0.538. The summed E-state index contributed by atoms with van der Waals surface area (Å²) in [7, 11) is 1.73. The molecule has 1 aromatic rings. The Morgan fingerprint density at radius 3 is 2.67 bits per heavy atom. The van der Waals surface area contributed by atoms with E-state index in [9.17, 15) is 0 Å². The van der Waals surface area contributed by atoms with Crippen LogP contribution in [0, 0.1) is 0 Å². The summed E-state index contributed by atoms with van der Waals surface area (Å²) in [4.78, 5) is 0. The number of hydrogen-bond acceptors (Lipinski definition) is 2. The number of fused-ring (bicyclic) bond motifs is 1. The normalized spacial score (nSPS) is 17.0. The Labute approximate surface area is 91.6 Å². The summed E-state index contributed by atoms with van der Waals surface area (Å²) in [6.45, 7) is 5.59. The average Bonchev–Trinajstić information content (AvgIpc) is 2.67. The molecule has 0 spiro atoms. The van der Waals surface area contributed by atoms with Gasteiger partial charge in [-0.1, -0.05) is 13.8 Å². The van der Waals surface area contributed by atoms with Gasteiger partial charge in [0.15, 0.2) is 0 Å². The third-order valence-electron chi connectivity index (χ3n) is 3.77. The lowest BCUT2D eigenvalue weighted by molar-refractivity contribution is 0.407. The van der Waals surface area contributed by atoms with Crippen LogP contribution in [0.1, 0.15) is 32.3 Å². The predicted molar refractivity (Wildman–Crippen MR) is 63.7 cm³/mol. The molecule has 2 nitrogen and oxygen atoms in total. The van der Waals surface area contributed by atoms with Gasteiger partial charge in [0, 0.05) is 17.6 Å². The largest absolute Gasteiger partial charge is 0.497 e. The van der Waals surface area contributed by atoms with Crippen LogP contribution in [0.25, 0.3) is 0 Å². The second-order valence-corrected chi connectivity index (χ2v) is 4.25. The topological polar surface area (TPSA) is 21.3 Å². The van der Waals surface area contributed by atoms with Gasteiger partial charge in [-0.3, -0.25) is 0 Å². The second-order valence-electron chi connectivity index (χ2n) is 4.25. The molecule has 0 unspecified atom stereocenters. The van der Waals surface area contributed by atoms with Crippen molar-refractivity contribution in [1.82, 2.24) is 0 Å². The van der Waals surface area contributed by atoms with Gasteiger partial charge in [0.25, 0.3) is 0 Å². The molecule has 15 heavy (non-hydrogen) atoms. The highest BCUT2D eigenvalue weighted by Crippen LogP contribution is 2.43. The molecule has 0 aromatic heterocycles. The Hall–Kier alpha value is -1.18. The first-order valence-electron chi connectivity index (χ1n) is 5.68. The van der Waals surface area contributed by atoms with Crippen molar-refractivity contribution in [3.8, 4) is 5.75 Å². The number of rotatable bonds is 3. The van der Waals surface area contributed by atoms with Gasteiger partial charge in [0.2, 0.25) is 0 Å². The molecule has 2 rings (SSSR count). The minimum absolute atomic E-state index is 0.309.